The number of sulfone groups is 1. The fourth-order valence-electron chi connectivity index (χ4n) is 4.07. The largest absolute Gasteiger partial charge is 0.376 e. The van der Waals surface area contributed by atoms with Crippen molar-refractivity contribution in [2.75, 3.05) is 11.6 Å². The molecule has 1 N–H and O–H groups in total. The number of rotatable bonds is 4. The minimum absolute atomic E-state index is 0.108. The van der Waals surface area contributed by atoms with Gasteiger partial charge in [0, 0.05) is 18.2 Å². The number of hydrogen-bond donors (Lipinski definition) is 1. The normalized spacial score (nSPS) is 24.1. The Morgan fingerprint density at radius 3 is 2.64 bits per heavy atom. The lowest BCUT2D eigenvalue weighted by molar-refractivity contribution is -0.386. The summed E-state index contributed by atoms with van der Waals surface area (Å²) >= 11 is 0. The van der Waals surface area contributed by atoms with Gasteiger partial charge in [-0.3, -0.25) is 10.1 Å². The van der Waals surface area contributed by atoms with E-state index in [1.54, 1.807) is 12.1 Å². The van der Waals surface area contributed by atoms with E-state index in [0.29, 0.717) is 11.8 Å². The highest BCUT2D eigenvalue weighted by atomic mass is 32.2. The van der Waals surface area contributed by atoms with Gasteiger partial charge in [0.1, 0.15) is 10.6 Å². The molecule has 2 aliphatic carbocycles. The van der Waals surface area contributed by atoms with Crippen LogP contribution < -0.4 is 5.32 Å². The quantitative estimate of drug-likeness (QED) is 0.670. The van der Waals surface area contributed by atoms with E-state index in [2.05, 4.69) is 17.4 Å². The molecule has 6 nitrogen and oxygen atoms in total. The van der Waals surface area contributed by atoms with Crippen molar-refractivity contribution in [2.45, 2.75) is 29.7 Å². The molecule has 0 saturated heterocycles. The second kappa shape index (κ2) is 5.56. The SMILES string of the molecule is CS(=O)(=O)c1cccc(NC2C3CCc4ccccc4C32)c1[N+](=O)[O-]. The van der Waals surface area contributed by atoms with Gasteiger partial charge in [-0.05, 0) is 42.0 Å². The Bertz CT molecular complexity index is 971. The van der Waals surface area contributed by atoms with Gasteiger partial charge in [-0.1, -0.05) is 30.3 Å². The smallest absolute Gasteiger partial charge is 0.310 e. The number of aryl methyl sites for hydroxylation is 1. The molecule has 3 unspecified atom stereocenters. The molecule has 7 heteroatoms. The Hall–Kier alpha value is -2.41. The standard InChI is InChI=1S/C18H18N2O4S/c1-25(23,24)15-8-4-7-14(18(15)20(21)22)19-17-13-10-9-11-5-2-3-6-12(11)16(13)17/h2-8,13,16-17,19H,9-10H2,1H3. The molecule has 0 aliphatic heterocycles. The molecule has 0 aromatic heterocycles. The molecule has 0 amide bonds. The second-order valence-electron chi connectivity index (χ2n) is 6.78. The van der Waals surface area contributed by atoms with Crippen molar-refractivity contribution in [1.29, 1.82) is 0 Å². The number of nitrogens with zero attached hydrogens (tertiary/aromatic N) is 1. The number of para-hydroxylation sites is 1. The number of nitro groups is 1. The van der Waals surface area contributed by atoms with Gasteiger partial charge in [-0.2, -0.15) is 0 Å². The van der Waals surface area contributed by atoms with Crippen LogP contribution in [0.25, 0.3) is 0 Å². The predicted molar refractivity (Wildman–Crippen MR) is 94.6 cm³/mol. The molecule has 3 atom stereocenters. The van der Waals surface area contributed by atoms with E-state index in [4.69, 9.17) is 0 Å². The predicted octanol–water partition coefficient (Wildman–Crippen LogP) is 3.14. The van der Waals surface area contributed by atoms with E-state index in [0.717, 1.165) is 19.1 Å². The second-order valence-corrected chi connectivity index (χ2v) is 8.76. The van der Waals surface area contributed by atoms with Crippen LogP contribution in [-0.4, -0.2) is 25.6 Å². The first-order valence-electron chi connectivity index (χ1n) is 8.19. The highest BCUT2D eigenvalue weighted by molar-refractivity contribution is 7.90. The maximum atomic E-state index is 11.9. The van der Waals surface area contributed by atoms with Gasteiger partial charge in [0.05, 0.1) is 4.92 Å². The average Bonchev–Trinajstić information content (AvgIpc) is 3.27. The number of benzene rings is 2. The van der Waals surface area contributed by atoms with Crippen LogP contribution in [0.4, 0.5) is 11.4 Å². The van der Waals surface area contributed by atoms with Crippen molar-refractivity contribution in [1.82, 2.24) is 0 Å². The van der Waals surface area contributed by atoms with Gasteiger partial charge in [0.15, 0.2) is 9.84 Å². The van der Waals surface area contributed by atoms with Crippen LogP contribution in [0.5, 0.6) is 0 Å². The summed E-state index contributed by atoms with van der Waals surface area (Å²) in [5, 5.41) is 14.8. The van der Waals surface area contributed by atoms with E-state index >= 15 is 0 Å². The monoisotopic (exact) mass is 358 g/mol. The average molecular weight is 358 g/mol. The highest BCUT2D eigenvalue weighted by Crippen LogP contribution is 2.56. The summed E-state index contributed by atoms with van der Waals surface area (Å²) in [7, 11) is -3.67. The number of fused-ring (bicyclic) bond motifs is 3. The molecular formula is C18H18N2O4S. The molecule has 2 aliphatic rings. The lowest BCUT2D eigenvalue weighted by Crippen LogP contribution is -2.10. The van der Waals surface area contributed by atoms with Gasteiger partial charge in [-0.15, -0.1) is 0 Å². The number of nitrogens with one attached hydrogen (secondary N) is 1. The van der Waals surface area contributed by atoms with E-state index in [1.165, 1.54) is 17.2 Å². The van der Waals surface area contributed by atoms with Crippen LogP contribution in [0.1, 0.15) is 23.5 Å². The van der Waals surface area contributed by atoms with Crippen LogP contribution in [-0.2, 0) is 16.3 Å². The van der Waals surface area contributed by atoms with Crippen molar-refractivity contribution in [3.05, 3.63) is 63.7 Å². The van der Waals surface area contributed by atoms with Crippen molar-refractivity contribution in [2.24, 2.45) is 5.92 Å². The molecule has 0 bridgehead atoms. The van der Waals surface area contributed by atoms with Gasteiger partial charge in [-0.25, -0.2) is 8.42 Å². The van der Waals surface area contributed by atoms with Crippen LogP contribution in [0, 0.1) is 16.0 Å². The molecule has 2 aromatic carbocycles. The molecule has 1 fully saturated rings. The Morgan fingerprint density at radius 1 is 1.16 bits per heavy atom. The zero-order chi connectivity index (χ0) is 17.8. The molecule has 4 rings (SSSR count). The number of anilines is 1. The van der Waals surface area contributed by atoms with Gasteiger partial charge >= 0.3 is 5.69 Å². The Morgan fingerprint density at radius 2 is 1.92 bits per heavy atom. The zero-order valence-electron chi connectivity index (χ0n) is 13.7. The molecule has 0 spiro atoms. The first-order chi connectivity index (χ1) is 11.9. The van der Waals surface area contributed by atoms with E-state index in [9.17, 15) is 18.5 Å². The van der Waals surface area contributed by atoms with Crippen molar-refractivity contribution >= 4 is 21.2 Å². The molecule has 0 radical (unpaired) electrons. The third-order valence-electron chi connectivity index (χ3n) is 5.23. The van der Waals surface area contributed by atoms with Gasteiger partial charge < -0.3 is 5.32 Å². The first kappa shape index (κ1) is 16.1. The van der Waals surface area contributed by atoms with E-state index < -0.39 is 14.8 Å². The lowest BCUT2D eigenvalue weighted by atomic mass is 9.92. The number of nitro benzene ring substituents is 1. The van der Waals surface area contributed by atoms with E-state index in [1.807, 2.05) is 12.1 Å². The fourth-order valence-corrected chi connectivity index (χ4v) is 4.93. The summed E-state index contributed by atoms with van der Waals surface area (Å²) in [5.74, 6) is 0.780. The maximum Gasteiger partial charge on any atom is 0.310 e. The maximum absolute atomic E-state index is 11.9. The van der Waals surface area contributed by atoms with E-state index in [-0.39, 0.29) is 22.3 Å². The minimum atomic E-state index is -3.67. The summed E-state index contributed by atoms with van der Waals surface area (Å²) in [6.45, 7) is 0. The molecule has 1 saturated carbocycles. The molecular weight excluding hydrogens is 340 g/mol. The fraction of sp³-hybridized carbons (Fsp3) is 0.333. The van der Waals surface area contributed by atoms with Crippen LogP contribution >= 0.6 is 0 Å². The molecule has 0 heterocycles. The number of hydrogen-bond acceptors (Lipinski definition) is 5. The van der Waals surface area contributed by atoms with Gasteiger partial charge in [0.2, 0.25) is 0 Å². The van der Waals surface area contributed by atoms with Crippen molar-refractivity contribution in [3.8, 4) is 0 Å². The van der Waals surface area contributed by atoms with Crippen LogP contribution in [0.3, 0.4) is 0 Å². The van der Waals surface area contributed by atoms with Crippen LogP contribution in [0.15, 0.2) is 47.4 Å². The van der Waals surface area contributed by atoms with Gasteiger partial charge in [0.25, 0.3) is 0 Å². The lowest BCUT2D eigenvalue weighted by Gasteiger charge is -2.13. The summed E-state index contributed by atoms with van der Waals surface area (Å²) in [4.78, 5) is 10.6. The molecule has 25 heavy (non-hydrogen) atoms. The Balaban J connectivity index is 1.69. The Labute approximate surface area is 145 Å². The van der Waals surface area contributed by atoms with Crippen LogP contribution in [0.2, 0.25) is 0 Å². The van der Waals surface area contributed by atoms with Crippen molar-refractivity contribution < 1.29 is 13.3 Å². The molecule has 130 valence electrons. The van der Waals surface area contributed by atoms with Crippen molar-refractivity contribution in [3.63, 3.8) is 0 Å². The topological polar surface area (TPSA) is 89.3 Å². The summed E-state index contributed by atoms with van der Waals surface area (Å²) in [6, 6.07) is 12.8. The minimum Gasteiger partial charge on any atom is -0.376 e. The first-order valence-corrected chi connectivity index (χ1v) is 10.1. The summed E-state index contributed by atoms with van der Waals surface area (Å²) < 4.78 is 23.8. The highest BCUT2D eigenvalue weighted by Gasteiger charge is 2.53. The summed E-state index contributed by atoms with van der Waals surface area (Å²) in [6.07, 6.45) is 3.05. The molecule has 2 aromatic rings. The third kappa shape index (κ3) is 2.68. The zero-order valence-corrected chi connectivity index (χ0v) is 14.5. The Kier molecular flexibility index (Phi) is 3.57. The third-order valence-corrected chi connectivity index (χ3v) is 6.36. The summed E-state index contributed by atoms with van der Waals surface area (Å²) in [5.41, 5.74) is 2.57.